The highest BCUT2D eigenvalue weighted by Crippen LogP contribution is 2.36. The summed E-state index contributed by atoms with van der Waals surface area (Å²) in [5, 5.41) is 10.2. The Kier molecular flexibility index (Phi) is 7.56. The molecule has 0 saturated carbocycles. The van der Waals surface area contributed by atoms with Gasteiger partial charge in [-0.2, -0.15) is 0 Å². The Morgan fingerprint density at radius 3 is 2.04 bits per heavy atom. The number of aliphatic hydroxyl groups is 1. The third-order valence-electron chi connectivity index (χ3n) is 4.94. The number of hydrogen-bond donors (Lipinski definition) is 1. The van der Waals surface area contributed by atoms with E-state index in [1.165, 1.54) is 0 Å². The van der Waals surface area contributed by atoms with E-state index in [1.54, 1.807) is 14.2 Å². The van der Waals surface area contributed by atoms with Gasteiger partial charge in [-0.25, -0.2) is 0 Å². The predicted molar refractivity (Wildman–Crippen MR) is 104 cm³/mol. The van der Waals surface area contributed by atoms with Crippen LogP contribution in [0.5, 0.6) is 0 Å². The molecule has 2 unspecified atom stereocenters. The maximum Gasteiger partial charge on any atom is 0.187 e. The second-order valence-corrected chi connectivity index (χ2v) is 6.84. The highest BCUT2D eigenvalue weighted by Gasteiger charge is 2.57. The first-order chi connectivity index (χ1) is 13.7. The average Bonchev–Trinajstić information content (AvgIpc) is 3.06. The number of ether oxygens (including phenoxy) is 5. The molecular formula is C22H28O6. The minimum atomic E-state index is -1.08. The van der Waals surface area contributed by atoms with E-state index >= 15 is 0 Å². The normalized spacial score (nSPS) is 27.2. The quantitative estimate of drug-likeness (QED) is 0.675. The molecule has 0 spiro atoms. The molecule has 1 heterocycles. The van der Waals surface area contributed by atoms with E-state index < -0.39 is 24.1 Å². The average molecular weight is 388 g/mol. The number of rotatable bonds is 10. The molecule has 1 saturated heterocycles. The van der Waals surface area contributed by atoms with Crippen LogP contribution < -0.4 is 0 Å². The highest BCUT2D eigenvalue weighted by atomic mass is 16.7. The van der Waals surface area contributed by atoms with E-state index in [2.05, 4.69) is 0 Å². The largest absolute Gasteiger partial charge is 0.393 e. The van der Waals surface area contributed by atoms with Crippen LogP contribution in [0.3, 0.4) is 0 Å². The van der Waals surface area contributed by atoms with Crippen LogP contribution in [0.4, 0.5) is 0 Å². The zero-order chi connectivity index (χ0) is 19.8. The number of aliphatic hydroxyl groups excluding tert-OH is 1. The summed E-state index contributed by atoms with van der Waals surface area (Å²) in [4.78, 5) is 0. The fourth-order valence-corrected chi connectivity index (χ4v) is 3.44. The summed E-state index contributed by atoms with van der Waals surface area (Å²) in [7, 11) is 3.13. The zero-order valence-electron chi connectivity index (χ0n) is 16.3. The summed E-state index contributed by atoms with van der Waals surface area (Å²) >= 11 is 0. The molecule has 28 heavy (non-hydrogen) atoms. The number of benzene rings is 2. The topological polar surface area (TPSA) is 66.4 Å². The molecule has 0 radical (unpaired) electrons. The van der Waals surface area contributed by atoms with Gasteiger partial charge in [0.05, 0.1) is 26.4 Å². The molecule has 0 aromatic heterocycles. The van der Waals surface area contributed by atoms with Crippen LogP contribution in [0, 0.1) is 0 Å². The van der Waals surface area contributed by atoms with Gasteiger partial charge in [-0.3, -0.25) is 0 Å². The maximum atomic E-state index is 10.2. The van der Waals surface area contributed by atoms with E-state index in [0.29, 0.717) is 13.2 Å². The van der Waals surface area contributed by atoms with E-state index in [9.17, 15) is 5.11 Å². The van der Waals surface area contributed by atoms with Crippen molar-refractivity contribution in [2.75, 3.05) is 27.4 Å². The lowest BCUT2D eigenvalue weighted by molar-refractivity contribution is -0.210. The van der Waals surface area contributed by atoms with Gasteiger partial charge in [0.2, 0.25) is 0 Å². The lowest BCUT2D eigenvalue weighted by Crippen LogP contribution is -2.51. The molecule has 2 aromatic carbocycles. The van der Waals surface area contributed by atoms with Crippen LogP contribution in [0.15, 0.2) is 60.7 Å². The lowest BCUT2D eigenvalue weighted by Gasteiger charge is -2.33. The molecule has 0 bridgehead atoms. The molecule has 3 rings (SSSR count). The first-order valence-corrected chi connectivity index (χ1v) is 9.34. The predicted octanol–water partition coefficient (Wildman–Crippen LogP) is 2.54. The SMILES string of the molecule is COC1C(OCc2ccccc2)[C@@](CO)(COCc2ccccc2)O[C@H]1OC. The Morgan fingerprint density at radius 1 is 0.893 bits per heavy atom. The van der Waals surface area contributed by atoms with Crippen LogP contribution in [-0.2, 0) is 36.9 Å². The van der Waals surface area contributed by atoms with Crippen LogP contribution in [0.25, 0.3) is 0 Å². The van der Waals surface area contributed by atoms with Crippen molar-refractivity contribution in [3.8, 4) is 0 Å². The van der Waals surface area contributed by atoms with Gasteiger partial charge >= 0.3 is 0 Å². The Bertz CT molecular complexity index is 695. The molecule has 1 fully saturated rings. The molecule has 1 aliphatic heterocycles. The van der Waals surface area contributed by atoms with Gasteiger partial charge in [-0.1, -0.05) is 60.7 Å². The monoisotopic (exact) mass is 388 g/mol. The second kappa shape index (κ2) is 10.1. The summed E-state index contributed by atoms with van der Waals surface area (Å²) < 4.78 is 29.1. The Hall–Kier alpha value is -1.80. The maximum absolute atomic E-state index is 10.2. The lowest BCUT2D eigenvalue weighted by atomic mass is 9.96. The van der Waals surface area contributed by atoms with E-state index in [1.807, 2.05) is 60.7 Å². The molecule has 1 N–H and O–H groups in total. The summed E-state index contributed by atoms with van der Waals surface area (Å²) in [6.07, 6.45) is -1.69. The Morgan fingerprint density at radius 2 is 1.50 bits per heavy atom. The minimum absolute atomic E-state index is 0.150. The van der Waals surface area contributed by atoms with Crippen molar-refractivity contribution < 1.29 is 28.8 Å². The van der Waals surface area contributed by atoms with Crippen molar-refractivity contribution in [2.24, 2.45) is 0 Å². The van der Waals surface area contributed by atoms with Crippen molar-refractivity contribution in [3.63, 3.8) is 0 Å². The molecule has 6 nitrogen and oxygen atoms in total. The van der Waals surface area contributed by atoms with Crippen molar-refractivity contribution in [2.45, 2.75) is 37.3 Å². The van der Waals surface area contributed by atoms with Crippen molar-refractivity contribution in [3.05, 3.63) is 71.8 Å². The highest BCUT2D eigenvalue weighted by molar-refractivity contribution is 5.15. The summed E-state index contributed by atoms with van der Waals surface area (Å²) in [6.45, 7) is 0.650. The van der Waals surface area contributed by atoms with Gasteiger partial charge in [-0.15, -0.1) is 0 Å². The van der Waals surface area contributed by atoms with Crippen molar-refractivity contribution >= 4 is 0 Å². The van der Waals surface area contributed by atoms with Gasteiger partial charge in [-0.05, 0) is 11.1 Å². The number of hydrogen-bond acceptors (Lipinski definition) is 6. The third-order valence-corrected chi connectivity index (χ3v) is 4.94. The van der Waals surface area contributed by atoms with E-state index in [-0.39, 0.29) is 13.2 Å². The zero-order valence-corrected chi connectivity index (χ0v) is 16.3. The fraction of sp³-hybridized carbons (Fsp3) is 0.455. The molecule has 6 heteroatoms. The van der Waals surface area contributed by atoms with Gasteiger partial charge in [0.25, 0.3) is 0 Å². The molecule has 152 valence electrons. The first kappa shape index (κ1) is 20.9. The summed E-state index contributed by atoms with van der Waals surface area (Å²) in [5.74, 6) is 0. The van der Waals surface area contributed by atoms with Gasteiger partial charge < -0.3 is 28.8 Å². The molecule has 1 aliphatic rings. The second-order valence-electron chi connectivity index (χ2n) is 6.84. The smallest absolute Gasteiger partial charge is 0.187 e. The van der Waals surface area contributed by atoms with Crippen LogP contribution in [0.1, 0.15) is 11.1 Å². The Balaban J connectivity index is 1.72. The van der Waals surface area contributed by atoms with Gasteiger partial charge in [0, 0.05) is 14.2 Å². The van der Waals surface area contributed by atoms with E-state index in [4.69, 9.17) is 23.7 Å². The van der Waals surface area contributed by atoms with Crippen LogP contribution >= 0.6 is 0 Å². The van der Waals surface area contributed by atoms with Crippen molar-refractivity contribution in [1.82, 2.24) is 0 Å². The number of methoxy groups -OCH3 is 2. The van der Waals surface area contributed by atoms with E-state index in [0.717, 1.165) is 11.1 Å². The first-order valence-electron chi connectivity index (χ1n) is 9.34. The minimum Gasteiger partial charge on any atom is -0.393 e. The standard InChI is InChI=1S/C22H28O6/c1-24-19-20(27-14-18-11-7-4-8-12-18)22(15-23,28-21(19)25-2)16-26-13-17-9-5-3-6-10-17/h3-12,19-21,23H,13-16H2,1-2H3/t19?,20?,21-,22-/m1/s1. The molecule has 4 atom stereocenters. The molecule has 0 aliphatic carbocycles. The third kappa shape index (κ3) is 4.78. The van der Waals surface area contributed by atoms with Gasteiger partial charge in [0.15, 0.2) is 6.29 Å². The fourth-order valence-electron chi connectivity index (χ4n) is 3.44. The van der Waals surface area contributed by atoms with Crippen LogP contribution in [0.2, 0.25) is 0 Å². The summed E-state index contributed by atoms with van der Waals surface area (Å²) in [5.41, 5.74) is 0.988. The molecule has 2 aromatic rings. The Labute approximate surface area is 165 Å². The summed E-state index contributed by atoms with van der Waals surface area (Å²) in [6, 6.07) is 19.7. The molecule has 0 amide bonds. The van der Waals surface area contributed by atoms with Crippen molar-refractivity contribution in [1.29, 1.82) is 0 Å². The van der Waals surface area contributed by atoms with Crippen LogP contribution in [-0.4, -0.2) is 56.6 Å². The van der Waals surface area contributed by atoms with Gasteiger partial charge in [0.1, 0.15) is 17.8 Å². The molecular weight excluding hydrogens is 360 g/mol.